The number of amides is 1. The van der Waals surface area contributed by atoms with Crippen LogP contribution >= 0.6 is 0 Å². The maximum absolute atomic E-state index is 12.4. The third-order valence-corrected chi connectivity index (χ3v) is 7.16. The smallest absolute Gasteiger partial charge is 0.410 e. The zero-order chi connectivity index (χ0) is 21.4. The summed E-state index contributed by atoms with van der Waals surface area (Å²) in [6.07, 6.45) is 5.77. The minimum absolute atomic E-state index is 0.150. The fraction of sp³-hybridized carbons (Fsp3) is 0.720. The number of benzene rings is 1. The van der Waals surface area contributed by atoms with Gasteiger partial charge in [-0.1, -0.05) is 18.2 Å². The molecule has 0 atom stereocenters. The summed E-state index contributed by atoms with van der Waals surface area (Å²) in [5.74, 6) is 0. The van der Waals surface area contributed by atoms with Gasteiger partial charge in [0.25, 0.3) is 0 Å². The van der Waals surface area contributed by atoms with Crippen LogP contribution in [-0.4, -0.2) is 60.8 Å². The van der Waals surface area contributed by atoms with Crippen LogP contribution in [0.15, 0.2) is 18.2 Å². The third-order valence-electron chi connectivity index (χ3n) is 7.16. The molecule has 2 saturated heterocycles. The van der Waals surface area contributed by atoms with Gasteiger partial charge in [-0.25, -0.2) is 4.79 Å². The molecular weight excluding hydrogens is 374 g/mol. The molecule has 30 heavy (non-hydrogen) atoms. The van der Waals surface area contributed by atoms with Gasteiger partial charge in [0.1, 0.15) is 5.60 Å². The van der Waals surface area contributed by atoms with Crippen molar-refractivity contribution in [2.45, 2.75) is 71.9 Å². The van der Waals surface area contributed by atoms with Gasteiger partial charge >= 0.3 is 6.09 Å². The lowest BCUT2D eigenvalue weighted by Crippen LogP contribution is -2.46. The number of hydrogen-bond donors (Lipinski definition) is 0. The van der Waals surface area contributed by atoms with Crippen molar-refractivity contribution in [3.05, 3.63) is 29.3 Å². The lowest BCUT2D eigenvalue weighted by molar-refractivity contribution is 0.0109. The average molecular weight is 414 g/mol. The molecule has 1 spiro atoms. The first-order chi connectivity index (χ1) is 14.3. The molecule has 4 rings (SSSR count). The zero-order valence-corrected chi connectivity index (χ0v) is 19.4. The Hall–Kier alpha value is -1.75. The molecule has 0 N–H and O–H groups in total. The predicted octanol–water partition coefficient (Wildman–Crippen LogP) is 4.68. The summed E-state index contributed by atoms with van der Waals surface area (Å²) in [6.45, 7) is 15.4. The van der Waals surface area contributed by atoms with E-state index in [1.54, 1.807) is 0 Å². The van der Waals surface area contributed by atoms with E-state index in [4.69, 9.17) is 4.74 Å². The highest BCUT2D eigenvalue weighted by atomic mass is 16.6. The number of anilines is 1. The topological polar surface area (TPSA) is 36.0 Å². The van der Waals surface area contributed by atoms with Crippen molar-refractivity contribution in [2.75, 3.05) is 44.2 Å². The van der Waals surface area contributed by atoms with Crippen molar-refractivity contribution in [2.24, 2.45) is 5.41 Å². The van der Waals surface area contributed by atoms with Crippen LogP contribution in [0.25, 0.3) is 0 Å². The Kier molecular flexibility index (Phi) is 6.02. The van der Waals surface area contributed by atoms with Gasteiger partial charge in [0.05, 0.1) is 0 Å². The zero-order valence-electron chi connectivity index (χ0n) is 19.4. The SMILES string of the molecule is CCN1CCCc2cccc(CN3CCC4(CCN(C(=O)OC(C)(C)C)CC4)C3)c21. The number of fused-ring (bicyclic) bond motifs is 1. The van der Waals surface area contributed by atoms with Crippen molar-refractivity contribution in [3.63, 3.8) is 0 Å². The number of para-hydroxylation sites is 1. The maximum Gasteiger partial charge on any atom is 0.410 e. The predicted molar refractivity (Wildman–Crippen MR) is 122 cm³/mol. The van der Waals surface area contributed by atoms with Crippen molar-refractivity contribution >= 4 is 11.8 Å². The van der Waals surface area contributed by atoms with E-state index in [-0.39, 0.29) is 6.09 Å². The Bertz CT molecular complexity index is 762. The molecule has 3 aliphatic heterocycles. The van der Waals surface area contributed by atoms with E-state index < -0.39 is 5.60 Å². The van der Waals surface area contributed by atoms with E-state index in [1.165, 1.54) is 49.2 Å². The Morgan fingerprint density at radius 3 is 2.53 bits per heavy atom. The number of likely N-dealkylation sites (tertiary alicyclic amines) is 2. The molecular formula is C25H39N3O2. The van der Waals surface area contributed by atoms with E-state index in [0.29, 0.717) is 5.41 Å². The molecule has 0 unspecified atom stereocenters. The van der Waals surface area contributed by atoms with Gasteiger partial charge in [-0.2, -0.15) is 0 Å². The molecule has 5 heteroatoms. The standard InChI is InChI=1S/C25H39N3O2/c1-5-27-14-7-10-20-8-6-9-21(22(20)27)18-26-15-11-25(19-26)12-16-28(17-13-25)23(29)30-24(2,3)4/h6,8-9H,5,7,10-19H2,1-4H3. The molecule has 0 saturated carbocycles. The Morgan fingerprint density at radius 1 is 1.10 bits per heavy atom. The summed E-state index contributed by atoms with van der Waals surface area (Å²) < 4.78 is 5.57. The van der Waals surface area contributed by atoms with Gasteiger partial charge in [-0.05, 0) is 82.9 Å². The highest BCUT2D eigenvalue weighted by Gasteiger charge is 2.42. The Morgan fingerprint density at radius 2 is 1.83 bits per heavy atom. The third kappa shape index (κ3) is 4.61. The minimum Gasteiger partial charge on any atom is -0.444 e. The fourth-order valence-electron chi connectivity index (χ4n) is 5.57. The highest BCUT2D eigenvalue weighted by Crippen LogP contribution is 2.42. The molecule has 2 fully saturated rings. The summed E-state index contributed by atoms with van der Waals surface area (Å²) in [5.41, 5.74) is 4.49. The van der Waals surface area contributed by atoms with Crippen LogP contribution in [0.1, 0.15) is 64.5 Å². The number of carbonyl (C=O) groups is 1. The minimum atomic E-state index is -0.419. The number of carbonyl (C=O) groups excluding carboxylic acids is 1. The van der Waals surface area contributed by atoms with Crippen molar-refractivity contribution < 1.29 is 9.53 Å². The summed E-state index contributed by atoms with van der Waals surface area (Å²) in [5, 5.41) is 0. The average Bonchev–Trinajstić information content (AvgIpc) is 3.09. The van der Waals surface area contributed by atoms with Crippen LogP contribution in [0.4, 0.5) is 10.5 Å². The largest absolute Gasteiger partial charge is 0.444 e. The number of rotatable bonds is 3. The van der Waals surface area contributed by atoms with Gasteiger partial charge in [0, 0.05) is 45.0 Å². The second kappa shape index (κ2) is 8.41. The van der Waals surface area contributed by atoms with Crippen LogP contribution < -0.4 is 4.90 Å². The quantitative estimate of drug-likeness (QED) is 0.721. The molecule has 3 aliphatic rings. The monoisotopic (exact) mass is 413 g/mol. The van der Waals surface area contributed by atoms with Crippen molar-refractivity contribution in [3.8, 4) is 0 Å². The summed E-state index contributed by atoms with van der Waals surface area (Å²) >= 11 is 0. The summed E-state index contributed by atoms with van der Waals surface area (Å²) in [4.78, 5) is 19.5. The van der Waals surface area contributed by atoms with Crippen molar-refractivity contribution in [1.82, 2.24) is 9.80 Å². The van der Waals surface area contributed by atoms with Crippen LogP contribution in [0.5, 0.6) is 0 Å². The number of aryl methyl sites for hydroxylation is 1. The van der Waals surface area contributed by atoms with E-state index in [2.05, 4.69) is 34.9 Å². The van der Waals surface area contributed by atoms with Crippen LogP contribution in [0.2, 0.25) is 0 Å². The van der Waals surface area contributed by atoms with Crippen LogP contribution in [-0.2, 0) is 17.7 Å². The number of nitrogens with zero attached hydrogens (tertiary/aromatic N) is 3. The van der Waals surface area contributed by atoms with Gasteiger partial charge in [0.15, 0.2) is 0 Å². The lowest BCUT2D eigenvalue weighted by Gasteiger charge is -2.40. The molecule has 0 bridgehead atoms. The van der Waals surface area contributed by atoms with Gasteiger partial charge < -0.3 is 14.5 Å². The van der Waals surface area contributed by atoms with Gasteiger partial charge in [-0.3, -0.25) is 4.90 Å². The van der Waals surface area contributed by atoms with E-state index >= 15 is 0 Å². The molecule has 1 aromatic carbocycles. The Labute approximate surface area is 182 Å². The lowest BCUT2D eigenvalue weighted by atomic mass is 9.78. The molecule has 1 aromatic rings. The molecule has 3 heterocycles. The molecule has 1 amide bonds. The van der Waals surface area contributed by atoms with E-state index in [0.717, 1.165) is 45.6 Å². The number of ether oxygens (including phenoxy) is 1. The first kappa shape index (κ1) is 21.5. The normalized spacial score (nSPS) is 21.7. The molecule has 0 radical (unpaired) electrons. The van der Waals surface area contributed by atoms with Crippen LogP contribution in [0.3, 0.4) is 0 Å². The second-order valence-corrected chi connectivity index (χ2v) is 10.5. The van der Waals surface area contributed by atoms with E-state index in [9.17, 15) is 4.79 Å². The fourth-order valence-corrected chi connectivity index (χ4v) is 5.57. The van der Waals surface area contributed by atoms with Crippen molar-refractivity contribution in [1.29, 1.82) is 0 Å². The first-order valence-electron chi connectivity index (χ1n) is 11.8. The molecule has 0 aromatic heterocycles. The number of hydrogen-bond acceptors (Lipinski definition) is 4. The summed E-state index contributed by atoms with van der Waals surface area (Å²) in [6, 6.07) is 6.90. The summed E-state index contributed by atoms with van der Waals surface area (Å²) in [7, 11) is 0. The molecule has 0 aliphatic carbocycles. The first-order valence-corrected chi connectivity index (χ1v) is 11.8. The van der Waals surface area contributed by atoms with Gasteiger partial charge in [-0.15, -0.1) is 0 Å². The highest BCUT2D eigenvalue weighted by molar-refractivity contribution is 5.68. The second-order valence-electron chi connectivity index (χ2n) is 10.5. The van der Waals surface area contributed by atoms with E-state index in [1.807, 2.05) is 25.7 Å². The maximum atomic E-state index is 12.4. The number of piperidine rings is 1. The van der Waals surface area contributed by atoms with Crippen LogP contribution in [0, 0.1) is 5.41 Å². The Balaban J connectivity index is 1.37. The molecule has 166 valence electrons. The molecule has 5 nitrogen and oxygen atoms in total. The van der Waals surface area contributed by atoms with Gasteiger partial charge in [0.2, 0.25) is 0 Å².